The third-order valence-electron chi connectivity index (χ3n) is 4.56. The minimum Gasteiger partial charge on any atom is -0.368 e. The summed E-state index contributed by atoms with van der Waals surface area (Å²) in [5, 5.41) is 11.9. The summed E-state index contributed by atoms with van der Waals surface area (Å²) in [6, 6.07) is 8.06. The van der Waals surface area contributed by atoms with Gasteiger partial charge in [0.2, 0.25) is 0 Å². The van der Waals surface area contributed by atoms with Gasteiger partial charge in [0.25, 0.3) is 0 Å². The fraction of sp³-hybridized carbons (Fsp3) is 0.500. The molecule has 1 aromatic heterocycles. The molecular weight excluding hydrogens is 477 g/mol. The summed E-state index contributed by atoms with van der Waals surface area (Å²) >= 11 is 6.11. The second-order valence-electron chi connectivity index (χ2n) is 6.33. The second-order valence-corrected chi connectivity index (χ2v) is 6.77. The van der Waals surface area contributed by atoms with Crippen LogP contribution < -0.4 is 10.2 Å². The molecule has 0 radical (unpaired) electrons. The molecule has 2 aromatic rings. The van der Waals surface area contributed by atoms with Gasteiger partial charge < -0.3 is 19.7 Å². The van der Waals surface area contributed by atoms with Gasteiger partial charge in [-0.3, -0.25) is 4.99 Å². The number of piperazine rings is 1. The molecule has 9 heteroatoms. The number of unbranched alkanes of at least 4 members (excludes halogenated alkanes) is 1. The summed E-state index contributed by atoms with van der Waals surface area (Å²) in [5.41, 5.74) is 1.19. The highest BCUT2D eigenvalue weighted by atomic mass is 127. The second kappa shape index (κ2) is 11.3. The fourth-order valence-corrected chi connectivity index (χ4v) is 3.32. The van der Waals surface area contributed by atoms with Crippen molar-refractivity contribution in [2.24, 2.45) is 4.99 Å². The van der Waals surface area contributed by atoms with E-state index in [1.807, 2.05) is 29.8 Å². The number of nitrogens with one attached hydrogen (secondary N) is 1. The van der Waals surface area contributed by atoms with Crippen molar-refractivity contribution in [1.29, 1.82) is 0 Å². The zero-order valence-electron chi connectivity index (χ0n) is 15.6. The van der Waals surface area contributed by atoms with Gasteiger partial charge in [-0.25, -0.2) is 0 Å². The maximum atomic E-state index is 6.11. The maximum absolute atomic E-state index is 6.11. The first-order valence-corrected chi connectivity index (χ1v) is 9.42. The zero-order valence-corrected chi connectivity index (χ0v) is 18.7. The molecule has 1 N–H and O–H groups in total. The Kier molecular flexibility index (Phi) is 9.12. The van der Waals surface area contributed by atoms with E-state index in [0.717, 1.165) is 63.1 Å². The Labute approximate surface area is 182 Å². The first-order valence-electron chi connectivity index (χ1n) is 9.05. The molecule has 0 spiro atoms. The lowest BCUT2D eigenvalue weighted by Crippen LogP contribution is -2.52. The van der Waals surface area contributed by atoms with Gasteiger partial charge in [0, 0.05) is 57.0 Å². The Balaban J connectivity index is 0.00000261. The van der Waals surface area contributed by atoms with Crippen LogP contribution >= 0.6 is 35.6 Å². The molecule has 7 nitrogen and oxygen atoms in total. The van der Waals surface area contributed by atoms with Crippen molar-refractivity contribution in [1.82, 2.24) is 25.0 Å². The predicted octanol–water partition coefficient (Wildman–Crippen LogP) is 2.73. The summed E-state index contributed by atoms with van der Waals surface area (Å²) in [4.78, 5) is 9.13. The Bertz CT molecular complexity index is 699. The van der Waals surface area contributed by atoms with Gasteiger partial charge >= 0.3 is 0 Å². The van der Waals surface area contributed by atoms with E-state index in [9.17, 15) is 0 Å². The van der Waals surface area contributed by atoms with E-state index in [4.69, 9.17) is 11.6 Å². The van der Waals surface area contributed by atoms with E-state index in [2.05, 4.69) is 36.4 Å². The van der Waals surface area contributed by atoms with E-state index in [1.54, 1.807) is 12.7 Å². The quantitative estimate of drug-likeness (QED) is 0.284. The standard InChI is InChI=1S/C18H26ClN7.HI/c1-20-18(21-7-2-3-8-24-14-22-23-15-24)26-11-9-25(10-12-26)17-6-4-5-16(19)13-17;/h4-6,13-15H,2-3,7-12H2,1H3,(H,20,21);1H. The number of guanidine groups is 1. The highest BCUT2D eigenvalue weighted by Crippen LogP contribution is 2.20. The summed E-state index contributed by atoms with van der Waals surface area (Å²) in [6.07, 6.45) is 5.68. The molecule has 0 saturated carbocycles. The molecule has 1 aliphatic heterocycles. The van der Waals surface area contributed by atoms with Crippen LogP contribution in [0.1, 0.15) is 12.8 Å². The number of nitrogens with zero attached hydrogens (tertiary/aromatic N) is 6. The molecule has 0 atom stereocenters. The van der Waals surface area contributed by atoms with Crippen molar-refractivity contribution < 1.29 is 0 Å². The molecule has 1 aliphatic rings. The summed E-state index contributed by atoms with van der Waals surface area (Å²) < 4.78 is 2.00. The van der Waals surface area contributed by atoms with Crippen molar-refractivity contribution in [2.45, 2.75) is 19.4 Å². The number of rotatable bonds is 6. The Morgan fingerprint density at radius 3 is 2.56 bits per heavy atom. The highest BCUT2D eigenvalue weighted by molar-refractivity contribution is 14.0. The van der Waals surface area contributed by atoms with Gasteiger partial charge in [0.15, 0.2) is 5.96 Å². The molecule has 3 rings (SSSR count). The molecule has 1 aromatic carbocycles. The Hall–Kier alpha value is -1.55. The number of halogens is 2. The van der Waals surface area contributed by atoms with E-state index in [0.29, 0.717) is 0 Å². The number of aromatic nitrogens is 3. The van der Waals surface area contributed by atoms with E-state index >= 15 is 0 Å². The third-order valence-corrected chi connectivity index (χ3v) is 4.79. The molecule has 0 bridgehead atoms. The van der Waals surface area contributed by atoms with Crippen LogP contribution in [0.3, 0.4) is 0 Å². The van der Waals surface area contributed by atoms with Crippen molar-refractivity contribution in [3.63, 3.8) is 0 Å². The molecule has 27 heavy (non-hydrogen) atoms. The molecule has 0 unspecified atom stereocenters. The molecule has 1 saturated heterocycles. The normalized spacial score (nSPS) is 14.8. The number of hydrogen-bond acceptors (Lipinski definition) is 4. The topological polar surface area (TPSA) is 61.6 Å². The van der Waals surface area contributed by atoms with Crippen LogP contribution in [0.2, 0.25) is 5.02 Å². The average Bonchev–Trinajstić information content (AvgIpc) is 3.18. The van der Waals surface area contributed by atoms with Crippen LogP contribution in [0, 0.1) is 0 Å². The van der Waals surface area contributed by atoms with Crippen LogP contribution in [0.15, 0.2) is 41.9 Å². The average molecular weight is 504 g/mol. The van der Waals surface area contributed by atoms with Gasteiger partial charge in [-0.1, -0.05) is 17.7 Å². The largest absolute Gasteiger partial charge is 0.368 e. The first-order chi connectivity index (χ1) is 12.8. The molecular formula is C18H27ClIN7. The molecule has 0 amide bonds. The third kappa shape index (κ3) is 6.53. The summed E-state index contributed by atoms with van der Waals surface area (Å²) in [6.45, 7) is 5.71. The summed E-state index contributed by atoms with van der Waals surface area (Å²) in [7, 11) is 1.85. The monoisotopic (exact) mass is 503 g/mol. The SMILES string of the molecule is CN=C(NCCCCn1cnnc1)N1CCN(c2cccc(Cl)c2)CC1.I. The number of aryl methyl sites for hydroxylation is 1. The smallest absolute Gasteiger partial charge is 0.193 e. The molecule has 2 heterocycles. The zero-order chi connectivity index (χ0) is 18.2. The Morgan fingerprint density at radius 1 is 1.15 bits per heavy atom. The molecule has 0 aliphatic carbocycles. The van der Waals surface area contributed by atoms with Gasteiger partial charge in [-0.05, 0) is 31.0 Å². The number of anilines is 1. The lowest BCUT2D eigenvalue weighted by molar-refractivity contribution is 0.372. The van der Waals surface area contributed by atoms with Crippen LogP contribution in [-0.4, -0.2) is 65.4 Å². The predicted molar refractivity (Wildman–Crippen MR) is 121 cm³/mol. The van der Waals surface area contributed by atoms with Crippen molar-refractivity contribution in [3.05, 3.63) is 41.9 Å². The lowest BCUT2D eigenvalue weighted by atomic mass is 10.2. The van der Waals surface area contributed by atoms with Gasteiger partial charge in [-0.15, -0.1) is 34.2 Å². The number of hydrogen-bond donors (Lipinski definition) is 1. The summed E-state index contributed by atoms with van der Waals surface area (Å²) in [5.74, 6) is 0.986. The van der Waals surface area contributed by atoms with Gasteiger partial charge in [0.1, 0.15) is 12.7 Å². The van der Waals surface area contributed by atoms with Crippen LogP contribution in [0.5, 0.6) is 0 Å². The van der Waals surface area contributed by atoms with Crippen LogP contribution in [0.4, 0.5) is 5.69 Å². The molecule has 148 valence electrons. The van der Waals surface area contributed by atoms with Crippen LogP contribution in [0.25, 0.3) is 0 Å². The molecule has 1 fully saturated rings. The fourth-order valence-electron chi connectivity index (χ4n) is 3.14. The van der Waals surface area contributed by atoms with Crippen molar-refractivity contribution in [2.75, 3.05) is 44.7 Å². The number of benzene rings is 1. The Morgan fingerprint density at radius 2 is 1.89 bits per heavy atom. The van der Waals surface area contributed by atoms with Crippen molar-refractivity contribution >= 4 is 47.2 Å². The van der Waals surface area contributed by atoms with E-state index in [1.165, 1.54) is 5.69 Å². The first kappa shape index (κ1) is 21.7. The highest BCUT2D eigenvalue weighted by Gasteiger charge is 2.19. The maximum Gasteiger partial charge on any atom is 0.193 e. The minimum absolute atomic E-state index is 0. The lowest BCUT2D eigenvalue weighted by Gasteiger charge is -2.37. The van der Waals surface area contributed by atoms with E-state index in [-0.39, 0.29) is 24.0 Å². The van der Waals surface area contributed by atoms with Gasteiger partial charge in [-0.2, -0.15) is 0 Å². The van der Waals surface area contributed by atoms with Gasteiger partial charge in [0.05, 0.1) is 0 Å². The van der Waals surface area contributed by atoms with Crippen LogP contribution in [-0.2, 0) is 6.54 Å². The van der Waals surface area contributed by atoms with E-state index < -0.39 is 0 Å². The van der Waals surface area contributed by atoms with Crippen molar-refractivity contribution in [3.8, 4) is 0 Å². The number of aliphatic imine (C=N–C) groups is 1. The minimum atomic E-state index is 0.